The van der Waals surface area contributed by atoms with E-state index < -0.39 is 37.6 Å². The lowest BCUT2D eigenvalue weighted by molar-refractivity contribution is -0.152. The van der Waals surface area contributed by atoms with Crippen molar-refractivity contribution >= 4 is 26.3 Å². The highest BCUT2D eigenvalue weighted by Crippen LogP contribution is 2.51. The third-order valence-corrected chi connectivity index (χ3v) is 12.6. The zero-order valence-electron chi connectivity index (χ0n) is 22.6. The summed E-state index contributed by atoms with van der Waals surface area (Å²) in [5.74, 6) is -1.03. The van der Waals surface area contributed by atoms with Crippen molar-refractivity contribution in [2.75, 3.05) is 0 Å². The summed E-state index contributed by atoms with van der Waals surface area (Å²) in [6, 6.07) is -0.524. The van der Waals surface area contributed by atoms with Gasteiger partial charge < -0.3 is 13.9 Å². The molecule has 0 radical (unpaired) electrons. The van der Waals surface area contributed by atoms with E-state index in [0.29, 0.717) is 12.0 Å². The predicted octanol–water partition coefficient (Wildman–Crippen LogP) is 5.59. The molecule has 2 amide bonds. The van der Waals surface area contributed by atoms with Crippen molar-refractivity contribution in [1.29, 1.82) is 0 Å². The van der Waals surface area contributed by atoms with E-state index in [4.69, 9.17) is 13.9 Å². The third-order valence-electron chi connectivity index (χ3n) is 8.07. The molecule has 3 rings (SSSR count). The molecule has 0 aromatic heterocycles. The Kier molecular flexibility index (Phi) is 6.94. The molecule has 1 unspecified atom stereocenters. The summed E-state index contributed by atoms with van der Waals surface area (Å²) in [6.07, 6.45) is 3.90. The molecule has 7 nitrogen and oxygen atoms in total. The Bertz CT molecular complexity index is 883. The molecule has 1 aliphatic carbocycles. The molecule has 8 heteroatoms. The number of amides is 2. The minimum atomic E-state index is -1.95. The van der Waals surface area contributed by atoms with Gasteiger partial charge in [-0.25, -0.2) is 9.69 Å². The van der Waals surface area contributed by atoms with Crippen LogP contribution in [-0.2, 0) is 23.5 Å². The fourth-order valence-electron chi connectivity index (χ4n) is 5.17. The number of ether oxygens (including phenoxy) is 2. The predicted molar refractivity (Wildman–Crippen MR) is 133 cm³/mol. The Balaban J connectivity index is 1.80. The average Bonchev–Trinajstić information content (AvgIpc) is 3.05. The van der Waals surface area contributed by atoms with E-state index in [1.54, 1.807) is 33.8 Å². The highest BCUT2D eigenvalue weighted by Gasteiger charge is 2.57. The second kappa shape index (κ2) is 8.77. The van der Waals surface area contributed by atoms with E-state index >= 15 is 0 Å². The molecule has 192 valence electrons. The third kappa shape index (κ3) is 5.27. The van der Waals surface area contributed by atoms with Crippen LogP contribution >= 0.6 is 0 Å². The molecule has 5 atom stereocenters. The SMILES string of the molecule is CC1=CC(C[C@H]2C(=O)O[C@]3(C)CC[C@@H](O[Si](C)(C)C(C)(C)C)C[C@H]23)N(C(=O)OC(C)(C)C)C1=O. The first-order chi connectivity index (χ1) is 15.3. The summed E-state index contributed by atoms with van der Waals surface area (Å²) in [5.41, 5.74) is -0.763. The molecule has 0 N–H and O–H groups in total. The van der Waals surface area contributed by atoms with Crippen molar-refractivity contribution < 1.29 is 28.3 Å². The Labute approximate surface area is 205 Å². The summed E-state index contributed by atoms with van der Waals surface area (Å²) >= 11 is 0. The standard InChI is InChI=1S/C26H43NO6Si/c1-16-13-17(27(21(16)28)23(30)32-24(2,3)4)14-19-20-15-18(33-34(9,10)25(5,6)7)11-12-26(20,8)31-22(19)29/h13,17-20H,11-12,14-15H2,1-10H3/t17?,18-,19-,20-,26-/m1/s1. The Morgan fingerprint density at radius 2 is 1.82 bits per heavy atom. The smallest absolute Gasteiger partial charge is 0.417 e. The minimum absolute atomic E-state index is 0.0200. The summed E-state index contributed by atoms with van der Waals surface area (Å²) in [7, 11) is -1.95. The van der Waals surface area contributed by atoms with Gasteiger partial charge in [-0.1, -0.05) is 26.8 Å². The number of hydrogen-bond donors (Lipinski definition) is 0. The Morgan fingerprint density at radius 3 is 2.38 bits per heavy atom. The molecule has 1 saturated carbocycles. The van der Waals surface area contributed by atoms with E-state index in [2.05, 4.69) is 33.9 Å². The van der Waals surface area contributed by atoms with Crippen molar-refractivity contribution in [2.24, 2.45) is 11.8 Å². The molecule has 0 bridgehead atoms. The van der Waals surface area contributed by atoms with Crippen molar-refractivity contribution in [1.82, 2.24) is 4.90 Å². The summed E-state index contributed by atoms with van der Waals surface area (Å²) in [4.78, 5) is 39.8. The van der Waals surface area contributed by atoms with Crippen LogP contribution in [0.4, 0.5) is 4.79 Å². The molecule has 34 heavy (non-hydrogen) atoms. The number of carbonyl (C=O) groups excluding carboxylic acids is 3. The second-order valence-electron chi connectivity index (χ2n) is 13.0. The topological polar surface area (TPSA) is 82.1 Å². The Morgan fingerprint density at radius 1 is 1.21 bits per heavy atom. The first-order valence-electron chi connectivity index (χ1n) is 12.5. The molecule has 0 spiro atoms. The van der Waals surface area contributed by atoms with Crippen molar-refractivity contribution in [3.8, 4) is 0 Å². The van der Waals surface area contributed by atoms with Gasteiger partial charge in [-0.3, -0.25) is 9.59 Å². The number of rotatable bonds is 4. The van der Waals surface area contributed by atoms with Crippen LogP contribution in [0.5, 0.6) is 0 Å². The Hall–Kier alpha value is -1.67. The van der Waals surface area contributed by atoms with Gasteiger partial charge >= 0.3 is 12.1 Å². The maximum atomic E-state index is 13.1. The van der Waals surface area contributed by atoms with Crippen LogP contribution in [0, 0.1) is 11.8 Å². The summed E-state index contributed by atoms with van der Waals surface area (Å²) in [5, 5.41) is 0.107. The number of nitrogens with zero attached hydrogens (tertiary/aromatic N) is 1. The molecule has 2 fully saturated rings. The van der Waals surface area contributed by atoms with Gasteiger partial charge in [0.15, 0.2) is 8.32 Å². The molecule has 1 saturated heterocycles. The first-order valence-corrected chi connectivity index (χ1v) is 15.4. The minimum Gasteiger partial charge on any atom is -0.459 e. The number of esters is 1. The number of imide groups is 1. The van der Waals surface area contributed by atoms with Crippen molar-refractivity contribution in [3.05, 3.63) is 11.6 Å². The van der Waals surface area contributed by atoms with Crippen LogP contribution in [0.3, 0.4) is 0 Å². The number of fused-ring (bicyclic) bond motifs is 1. The zero-order chi connectivity index (χ0) is 25.9. The lowest BCUT2D eigenvalue weighted by Crippen LogP contribution is -2.49. The van der Waals surface area contributed by atoms with E-state index in [1.165, 1.54) is 0 Å². The largest absolute Gasteiger partial charge is 0.459 e. The van der Waals surface area contributed by atoms with Crippen LogP contribution in [-0.4, -0.2) is 54.5 Å². The fourth-order valence-corrected chi connectivity index (χ4v) is 6.57. The van der Waals surface area contributed by atoms with Crippen molar-refractivity contribution in [3.63, 3.8) is 0 Å². The van der Waals surface area contributed by atoms with Gasteiger partial charge in [0.1, 0.15) is 11.2 Å². The van der Waals surface area contributed by atoms with Gasteiger partial charge in [-0.05, 0) is 78.4 Å². The van der Waals surface area contributed by atoms with Crippen LogP contribution in [0.25, 0.3) is 0 Å². The lowest BCUT2D eigenvalue weighted by atomic mass is 9.70. The number of hydrogen-bond acceptors (Lipinski definition) is 6. The van der Waals surface area contributed by atoms with Gasteiger partial charge in [0.05, 0.1) is 12.0 Å². The molecule has 3 aliphatic rings. The van der Waals surface area contributed by atoms with Crippen molar-refractivity contribution in [2.45, 2.75) is 123 Å². The molecule has 2 heterocycles. The first kappa shape index (κ1) is 26.9. The van der Waals surface area contributed by atoms with Gasteiger partial charge in [0, 0.05) is 17.6 Å². The van der Waals surface area contributed by atoms with Crippen LogP contribution in [0.15, 0.2) is 11.6 Å². The van der Waals surface area contributed by atoms with Crippen LogP contribution < -0.4 is 0 Å². The second-order valence-corrected chi connectivity index (χ2v) is 17.8. The van der Waals surface area contributed by atoms with Gasteiger partial charge in [0.2, 0.25) is 0 Å². The highest BCUT2D eigenvalue weighted by atomic mass is 28.4. The molecule has 2 aliphatic heterocycles. The average molecular weight is 494 g/mol. The quantitative estimate of drug-likeness (QED) is 0.375. The maximum Gasteiger partial charge on any atom is 0.417 e. The van der Waals surface area contributed by atoms with E-state index in [9.17, 15) is 14.4 Å². The molecule has 0 aromatic rings. The van der Waals surface area contributed by atoms with E-state index in [0.717, 1.165) is 24.2 Å². The lowest BCUT2D eigenvalue weighted by Gasteiger charge is -2.45. The fraction of sp³-hybridized carbons (Fsp3) is 0.808. The van der Waals surface area contributed by atoms with Gasteiger partial charge in [-0.15, -0.1) is 0 Å². The van der Waals surface area contributed by atoms with E-state index in [-0.39, 0.29) is 28.9 Å². The monoisotopic (exact) mass is 493 g/mol. The normalized spacial score (nSPS) is 32.4. The van der Waals surface area contributed by atoms with Crippen LogP contribution in [0.2, 0.25) is 18.1 Å². The summed E-state index contributed by atoms with van der Waals surface area (Å²) in [6.45, 7) is 20.2. The van der Waals surface area contributed by atoms with E-state index in [1.807, 2.05) is 6.92 Å². The highest BCUT2D eigenvalue weighted by molar-refractivity contribution is 6.74. The summed E-state index contributed by atoms with van der Waals surface area (Å²) < 4.78 is 18.1. The van der Waals surface area contributed by atoms with Crippen LogP contribution in [0.1, 0.15) is 81.1 Å². The molecule has 0 aromatic carbocycles. The molecular weight excluding hydrogens is 450 g/mol. The molecular formula is C26H43NO6Si. The zero-order valence-corrected chi connectivity index (χ0v) is 23.6. The maximum absolute atomic E-state index is 13.1. The number of carbonyl (C=O) groups is 3. The van der Waals surface area contributed by atoms with Gasteiger partial charge in [0.25, 0.3) is 5.91 Å². The van der Waals surface area contributed by atoms with Gasteiger partial charge in [-0.2, -0.15) is 0 Å².